The van der Waals surface area contributed by atoms with E-state index in [0.29, 0.717) is 0 Å². The Kier molecular flexibility index (Phi) is 4.94. The highest BCUT2D eigenvalue weighted by Crippen LogP contribution is 1.58. The van der Waals surface area contributed by atoms with Gasteiger partial charge in [-0.2, -0.15) is 10.2 Å². The Bertz CT molecular complexity index is 107. The van der Waals surface area contributed by atoms with Crippen LogP contribution in [0, 0.1) is 5.41 Å². The zero-order valence-electron chi connectivity index (χ0n) is 4.50. The molecule has 0 saturated heterocycles. The third kappa shape index (κ3) is 4.80. The molecule has 0 aliphatic carbocycles. The standard InChI is InChI=1S/C2H6BN5/c3-8-7-2-6-5-1-4/h1-2H,3H2,(H2,4,5)/b6-2-,8-7+. The minimum Gasteiger partial charge on any atom is -0.290 e. The molecule has 0 aliphatic rings. The molecule has 0 aliphatic heterocycles. The van der Waals surface area contributed by atoms with Crippen LogP contribution in [-0.2, 0) is 0 Å². The third-order valence-electron chi connectivity index (χ3n) is 0.364. The van der Waals surface area contributed by atoms with E-state index in [0.717, 1.165) is 6.34 Å². The molecular formula is C2H6BN5. The molecule has 8 heavy (non-hydrogen) atoms. The van der Waals surface area contributed by atoms with Gasteiger partial charge in [0.1, 0.15) is 0 Å². The predicted octanol–water partition coefficient (Wildman–Crippen LogP) is -0.873. The Labute approximate surface area is 47.8 Å². The Hall–Kier alpha value is -1.20. The molecule has 0 bridgehead atoms. The van der Waals surface area contributed by atoms with E-state index in [1.165, 1.54) is 14.3 Å². The van der Waals surface area contributed by atoms with Crippen LogP contribution in [0.4, 0.5) is 0 Å². The average Bonchev–Trinajstić information content (AvgIpc) is 1.81. The molecule has 0 spiro atoms. The molecular weight excluding hydrogens is 105 g/mol. The number of rotatable bonds is 3. The highest BCUT2D eigenvalue weighted by atomic mass is 15.3. The Morgan fingerprint density at radius 3 is 2.88 bits per heavy atom. The summed E-state index contributed by atoms with van der Waals surface area (Å²) in [5.41, 5.74) is 2.24. The van der Waals surface area contributed by atoms with Crippen LogP contribution in [0.15, 0.2) is 15.2 Å². The fourth-order valence-corrected chi connectivity index (χ4v) is 0.148. The van der Waals surface area contributed by atoms with E-state index in [1.807, 2.05) is 0 Å². The van der Waals surface area contributed by atoms with E-state index in [-0.39, 0.29) is 0 Å². The second kappa shape index (κ2) is 5.80. The minimum atomic E-state index is 0.946. The van der Waals surface area contributed by atoms with Crippen molar-refractivity contribution in [3.63, 3.8) is 0 Å². The molecule has 0 saturated carbocycles. The maximum Gasteiger partial charge on any atom is 0.274 e. The fourth-order valence-electron chi connectivity index (χ4n) is 0.148. The van der Waals surface area contributed by atoms with Gasteiger partial charge in [-0.05, 0) is 0 Å². The number of hydrazone groups is 1. The largest absolute Gasteiger partial charge is 0.290 e. The zero-order chi connectivity index (χ0) is 6.24. The Morgan fingerprint density at radius 2 is 2.38 bits per heavy atom. The topological polar surface area (TPSA) is 73.0 Å². The highest BCUT2D eigenvalue weighted by Gasteiger charge is 1.59. The lowest BCUT2D eigenvalue weighted by Crippen LogP contribution is -1.98. The molecule has 0 aromatic heterocycles. The van der Waals surface area contributed by atoms with Gasteiger partial charge < -0.3 is 0 Å². The van der Waals surface area contributed by atoms with E-state index in [9.17, 15) is 0 Å². The smallest absolute Gasteiger partial charge is 0.274 e. The van der Waals surface area contributed by atoms with Crippen molar-refractivity contribution < 1.29 is 0 Å². The van der Waals surface area contributed by atoms with Gasteiger partial charge in [-0.1, -0.05) is 0 Å². The first kappa shape index (κ1) is 6.80. The second-order valence-corrected chi connectivity index (χ2v) is 0.833. The van der Waals surface area contributed by atoms with Crippen LogP contribution in [0.2, 0.25) is 0 Å². The fraction of sp³-hybridized carbons (Fsp3) is 0. The lowest BCUT2D eigenvalue weighted by atomic mass is 10.5. The van der Waals surface area contributed by atoms with Crippen LogP contribution < -0.4 is 5.43 Å². The van der Waals surface area contributed by atoms with Crippen molar-refractivity contribution in [3.8, 4) is 0 Å². The zero-order valence-corrected chi connectivity index (χ0v) is 4.50. The van der Waals surface area contributed by atoms with E-state index in [1.54, 1.807) is 0 Å². The molecule has 6 heteroatoms. The van der Waals surface area contributed by atoms with Gasteiger partial charge in [0.25, 0.3) is 7.98 Å². The molecule has 0 fully saturated rings. The first-order valence-corrected chi connectivity index (χ1v) is 1.96. The van der Waals surface area contributed by atoms with E-state index >= 15 is 0 Å². The summed E-state index contributed by atoms with van der Waals surface area (Å²) in [4.78, 5) is 0. The van der Waals surface area contributed by atoms with Crippen molar-refractivity contribution in [2.45, 2.75) is 0 Å². The summed E-state index contributed by atoms with van der Waals surface area (Å²) < 4.78 is 0. The second-order valence-electron chi connectivity index (χ2n) is 0.833. The van der Waals surface area contributed by atoms with Crippen LogP contribution in [0.3, 0.4) is 0 Å². The maximum atomic E-state index is 6.42. The van der Waals surface area contributed by atoms with E-state index in [2.05, 4.69) is 20.7 Å². The first-order chi connectivity index (χ1) is 3.91. The molecule has 0 aromatic rings. The van der Waals surface area contributed by atoms with E-state index < -0.39 is 0 Å². The van der Waals surface area contributed by atoms with Gasteiger partial charge >= 0.3 is 0 Å². The first-order valence-electron chi connectivity index (χ1n) is 1.96. The molecule has 0 rings (SSSR count). The number of hydrogen-bond acceptors (Lipinski definition) is 3. The summed E-state index contributed by atoms with van der Waals surface area (Å²) in [6, 6.07) is 0. The van der Waals surface area contributed by atoms with Crippen LogP contribution in [-0.4, -0.2) is 20.7 Å². The third-order valence-corrected chi connectivity index (χ3v) is 0.364. The lowest BCUT2D eigenvalue weighted by molar-refractivity contribution is 1.04. The normalized spacial score (nSPS) is 10.5. The number of nitrogens with zero attached hydrogens (tertiary/aromatic N) is 3. The monoisotopic (exact) mass is 111 g/mol. The van der Waals surface area contributed by atoms with Gasteiger partial charge in [0.05, 0.1) is 6.34 Å². The lowest BCUT2D eigenvalue weighted by Gasteiger charge is -1.78. The van der Waals surface area contributed by atoms with Crippen LogP contribution in [0.25, 0.3) is 0 Å². The van der Waals surface area contributed by atoms with Gasteiger partial charge in [0, 0.05) is 0 Å². The van der Waals surface area contributed by atoms with Crippen molar-refractivity contribution in [1.82, 2.24) is 5.43 Å². The molecule has 5 nitrogen and oxygen atoms in total. The molecule has 42 valence electrons. The maximum absolute atomic E-state index is 6.42. The van der Waals surface area contributed by atoms with Crippen molar-refractivity contribution in [2.24, 2.45) is 15.2 Å². The van der Waals surface area contributed by atoms with Gasteiger partial charge in [-0.25, -0.2) is 0 Å². The summed E-state index contributed by atoms with van der Waals surface area (Å²) in [6.07, 6.45) is 2.16. The molecule has 0 aromatic carbocycles. The van der Waals surface area contributed by atoms with Crippen molar-refractivity contribution in [2.75, 3.05) is 0 Å². The van der Waals surface area contributed by atoms with Gasteiger partial charge in [0.15, 0.2) is 6.34 Å². The molecule has 0 amide bonds. The van der Waals surface area contributed by atoms with Crippen molar-refractivity contribution in [1.29, 1.82) is 5.41 Å². The molecule has 0 atom stereocenters. The molecule has 0 heterocycles. The van der Waals surface area contributed by atoms with Gasteiger partial charge in [-0.3, -0.25) is 15.9 Å². The van der Waals surface area contributed by atoms with Crippen LogP contribution in [0.1, 0.15) is 0 Å². The Balaban J connectivity index is 3.19. The Morgan fingerprint density at radius 1 is 1.62 bits per heavy atom. The molecule has 0 radical (unpaired) electrons. The van der Waals surface area contributed by atoms with Gasteiger partial charge in [0.2, 0.25) is 0 Å². The van der Waals surface area contributed by atoms with Crippen LogP contribution >= 0.6 is 0 Å². The summed E-state index contributed by atoms with van der Waals surface area (Å²) in [6.45, 7) is 0. The van der Waals surface area contributed by atoms with E-state index in [4.69, 9.17) is 5.41 Å². The van der Waals surface area contributed by atoms with Crippen molar-refractivity contribution in [3.05, 3.63) is 0 Å². The number of hydrogen-bond donors (Lipinski definition) is 2. The quantitative estimate of drug-likeness (QED) is 0.160. The number of nitrogens with one attached hydrogen (secondary N) is 2. The van der Waals surface area contributed by atoms with Gasteiger partial charge in [-0.15, -0.1) is 0 Å². The highest BCUT2D eigenvalue weighted by molar-refractivity contribution is 6.05. The molecule has 0 unspecified atom stereocenters. The predicted molar refractivity (Wildman–Crippen MR) is 33.8 cm³/mol. The minimum absolute atomic E-state index is 0.946. The SMILES string of the molecule is B/N=N/C=N\NC=N. The summed E-state index contributed by atoms with van der Waals surface area (Å²) >= 11 is 0. The summed E-state index contributed by atoms with van der Waals surface area (Å²) in [7, 11) is 1.54. The molecule has 2 N–H and O–H groups in total. The van der Waals surface area contributed by atoms with Crippen molar-refractivity contribution >= 4 is 20.7 Å². The average molecular weight is 111 g/mol. The summed E-state index contributed by atoms with van der Waals surface area (Å²) in [5, 5.41) is 16.6. The van der Waals surface area contributed by atoms with Crippen LogP contribution in [0.5, 0.6) is 0 Å². The summed E-state index contributed by atoms with van der Waals surface area (Å²) in [5.74, 6) is 0.